The van der Waals surface area contributed by atoms with Crippen LogP contribution in [-0.4, -0.2) is 0 Å². The van der Waals surface area contributed by atoms with Crippen molar-refractivity contribution in [2.24, 2.45) is 17.3 Å². The Morgan fingerprint density at radius 2 is 1.88 bits per heavy atom. The van der Waals surface area contributed by atoms with Gasteiger partial charge in [-0.3, -0.25) is 0 Å². The number of nitriles is 1. The third-order valence-electron chi connectivity index (χ3n) is 4.43. The molecule has 0 atom stereocenters. The van der Waals surface area contributed by atoms with E-state index in [1.165, 1.54) is 32.1 Å². The number of nitrogens with zero attached hydrogens (tertiary/aromatic N) is 1. The summed E-state index contributed by atoms with van der Waals surface area (Å²) in [4.78, 5) is 0. The number of unbranched alkanes of at least 4 members (excludes halogenated alkanes) is 2. The minimum Gasteiger partial charge on any atom is -0.198 e. The van der Waals surface area contributed by atoms with E-state index in [4.69, 9.17) is 0 Å². The molecule has 0 aromatic rings. The van der Waals surface area contributed by atoms with Crippen molar-refractivity contribution in [1.29, 1.82) is 5.26 Å². The SMILES string of the molecule is CCCCCC1(C#N)CCC(C(C)C)CC1. The van der Waals surface area contributed by atoms with Gasteiger partial charge in [-0.2, -0.15) is 5.26 Å². The van der Waals surface area contributed by atoms with Crippen molar-refractivity contribution in [1.82, 2.24) is 0 Å². The van der Waals surface area contributed by atoms with Gasteiger partial charge in [-0.05, 0) is 43.9 Å². The molecule has 1 aliphatic carbocycles. The van der Waals surface area contributed by atoms with Gasteiger partial charge in [0.1, 0.15) is 0 Å². The van der Waals surface area contributed by atoms with Crippen LogP contribution in [-0.2, 0) is 0 Å². The highest BCUT2D eigenvalue weighted by Gasteiger charge is 2.35. The molecule has 1 fully saturated rings. The van der Waals surface area contributed by atoms with Gasteiger partial charge in [-0.1, -0.05) is 40.0 Å². The van der Waals surface area contributed by atoms with Gasteiger partial charge < -0.3 is 0 Å². The van der Waals surface area contributed by atoms with Crippen LogP contribution in [0.4, 0.5) is 0 Å². The minimum absolute atomic E-state index is 0.0422. The molecule has 0 spiro atoms. The van der Waals surface area contributed by atoms with Crippen LogP contribution in [0.25, 0.3) is 0 Å². The van der Waals surface area contributed by atoms with Crippen molar-refractivity contribution < 1.29 is 0 Å². The zero-order valence-electron chi connectivity index (χ0n) is 11.3. The Kier molecular flexibility index (Phi) is 5.32. The van der Waals surface area contributed by atoms with Gasteiger partial charge in [-0.15, -0.1) is 0 Å². The maximum atomic E-state index is 9.42. The molecular weight excluding hydrogens is 194 g/mol. The van der Waals surface area contributed by atoms with Crippen LogP contribution >= 0.6 is 0 Å². The number of hydrogen-bond donors (Lipinski definition) is 0. The van der Waals surface area contributed by atoms with Gasteiger partial charge in [0.2, 0.25) is 0 Å². The molecule has 0 amide bonds. The summed E-state index contributed by atoms with van der Waals surface area (Å²) in [5.41, 5.74) is 0.0422. The van der Waals surface area contributed by atoms with Crippen LogP contribution in [0, 0.1) is 28.6 Å². The molecule has 16 heavy (non-hydrogen) atoms. The van der Waals surface area contributed by atoms with Crippen molar-refractivity contribution in [2.75, 3.05) is 0 Å². The first kappa shape index (κ1) is 13.6. The first-order valence-electron chi connectivity index (χ1n) is 7.05. The lowest BCUT2D eigenvalue weighted by Gasteiger charge is -2.36. The molecule has 1 nitrogen and oxygen atoms in total. The Labute approximate surface area is 101 Å². The number of hydrogen-bond acceptors (Lipinski definition) is 1. The van der Waals surface area contributed by atoms with E-state index in [1.807, 2.05) is 0 Å². The lowest BCUT2D eigenvalue weighted by atomic mass is 9.66. The van der Waals surface area contributed by atoms with E-state index >= 15 is 0 Å². The van der Waals surface area contributed by atoms with Gasteiger partial charge in [-0.25, -0.2) is 0 Å². The molecule has 0 saturated heterocycles. The van der Waals surface area contributed by atoms with E-state index in [-0.39, 0.29) is 5.41 Å². The standard InChI is InChI=1S/C15H27N/c1-4-5-6-9-15(12-16)10-7-14(8-11-15)13(2)3/h13-14H,4-11H2,1-3H3. The predicted octanol–water partition coefficient (Wildman–Crippen LogP) is 4.92. The third kappa shape index (κ3) is 3.51. The van der Waals surface area contributed by atoms with Crippen LogP contribution in [0.3, 0.4) is 0 Å². The van der Waals surface area contributed by atoms with E-state index in [0.29, 0.717) is 0 Å². The van der Waals surface area contributed by atoms with Crippen molar-refractivity contribution >= 4 is 0 Å². The predicted molar refractivity (Wildman–Crippen MR) is 69.0 cm³/mol. The summed E-state index contributed by atoms with van der Waals surface area (Å²) in [6.07, 6.45) is 9.78. The summed E-state index contributed by atoms with van der Waals surface area (Å²) in [6.45, 7) is 6.87. The first-order valence-corrected chi connectivity index (χ1v) is 7.05. The smallest absolute Gasteiger partial charge is 0.0689 e. The van der Waals surface area contributed by atoms with Crippen LogP contribution in [0.15, 0.2) is 0 Å². The van der Waals surface area contributed by atoms with E-state index in [2.05, 4.69) is 26.8 Å². The summed E-state index contributed by atoms with van der Waals surface area (Å²) in [5, 5.41) is 9.42. The van der Waals surface area contributed by atoms with E-state index in [9.17, 15) is 5.26 Å². The highest BCUT2D eigenvalue weighted by Crippen LogP contribution is 2.44. The fourth-order valence-corrected chi connectivity index (χ4v) is 2.99. The molecule has 0 aromatic heterocycles. The van der Waals surface area contributed by atoms with E-state index in [0.717, 1.165) is 31.1 Å². The van der Waals surface area contributed by atoms with Gasteiger partial charge in [0.05, 0.1) is 11.5 Å². The second-order valence-electron chi connectivity index (χ2n) is 5.93. The van der Waals surface area contributed by atoms with Crippen molar-refractivity contribution in [2.45, 2.75) is 72.1 Å². The lowest BCUT2D eigenvalue weighted by molar-refractivity contribution is 0.163. The minimum atomic E-state index is 0.0422. The molecule has 0 aromatic carbocycles. The average Bonchev–Trinajstić information content (AvgIpc) is 2.30. The highest BCUT2D eigenvalue weighted by atomic mass is 14.4. The first-order chi connectivity index (χ1) is 7.63. The van der Waals surface area contributed by atoms with Crippen LogP contribution in [0.2, 0.25) is 0 Å². The molecule has 0 aliphatic heterocycles. The molecule has 1 saturated carbocycles. The normalized spacial score (nSPS) is 30.3. The zero-order chi connectivity index (χ0) is 12.0. The summed E-state index contributed by atoms with van der Waals surface area (Å²) in [7, 11) is 0. The Morgan fingerprint density at radius 3 is 2.31 bits per heavy atom. The van der Waals surface area contributed by atoms with Crippen LogP contribution < -0.4 is 0 Å². The van der Waals surface area contributed by atoms with E-state index in [1.54, 1.807) is 0 Å². The second-order valence-corrected chi connectivity index (χ2v) is 5.93. The maximum Gasteiger partial charge on any atom is 0.0689 e. The molecule has 0 heterocycles. The van der Waals surface area contributed by atoms with Gasteiger partial charge in [0, 0.05) is 0 Å². The highest BCUT2D eigenvalue weighted by molar-refractivity contribution is 5.01. The quantitative estimate of drug-likeness (QED) is 0.604. The van der Waals surface area contributed by atoms with Gasteiger partial charge >= 0.3 is 0 Å². The molecular formula is C15H27N. The fraction of sp³-hybridized carbons (Fsp3) is 0.933. The number of rotatable bonds is 5. The summed E-state index contributed by atoms with van der Waals surface area (Å²) >= 11 is 0. The summed E-state index contributed by atoms with van der Waals surface area (Å²) < 4.78 is 0. The molecule has 1 aliphatic rings. The van der Waals surface area contributed by atoms with Crippen LogP contribution in [0.1, 0.15) is 72.1 Å². The summed E-state index contributed by atoms with van der Waals surface area (Å²) in [6, 6.07) is 2.64. The topological polar surface area (TPSA) is 23.8 Å². The Morgan fingerprint density at radius 1 is 1.25 bits per heavy atom. The molecule has 0 N–H and O–H groups in total. The van der Waals surface area contributed by atoms with Gasteiger partial charge in [0.25, 0.3) is 0 Å². The van der Waals surface area contributed by atoms with Crippen molar-refractivity contribution in [3.63, 3.8) is 0 Å². The molecule has 0 radical (unpaired) electrons. The van der Waals surface area contributed by atoms with Gasteiger partial charge in [0.15, 0.2) is 0 Å². The molecule has 92 valence electrons. The zero-order valence-corrected chi connectivity index (χ0v) is 11.3. The van der Waals surface area contributed by atoms with E-state index < -0.39 is 0 Å². The molecule has 0 unspecified atom stereocenters. The Bertz CT molecular complexity index is 228. The molecule has 1 rings (SSSR count). The Balaban J connectivity index is 2.43. The van der Waals surface area contributed by atoms with Crippen LogP contribution in [0.5, 0.6) is 0 Å². The second kappa shape index (κ2) is 6.28. The Hall–Kier alpha value is -0.510. The monoisotopic (exact) mass is 221 g/mol. The maximum absolute atomic E-state index is 9.42. The molecule has 1 heteroatoms. The van der Waals surface area contributed by atoms with Crippen molar-refractivity contribution in [3.05, 3.63) is 0 Å². The largest absolute Gasteiger partial charge is 0.198 e. The molecule has 0 bridgehead atoms. The third-order valence-corrected chi connectivity index (χ3v) is 4.43. The summed E-state index contributed by atoms with van der Waals surface area (Å²) in [5.74, 6) is 1.67. The average molecular weight is 221 g/mol. The fourth-order valence-electron chi connectivity index (χ4n) is 2.99. The lowest BCUT2D eigenvalue weighted by Crippen LogP contribution is -2.28. The van der Waals surface area contributed by atoms with Crippen molar-refractivity contribution in [3.8, 4) is 6.07 Å².